The molecule has 0 bridgehead atoms. The summed E-state index contributed by atoms with van der Waals surface area (Å²) >= 11 is 12.7. The lowest BCUT2D eigenvalue weighted by molar-refractivity contribution is 0.0563. The Morgan fingerprint density at radius 1 is 0.974 bits per heavy atom. The molecule has 0 N–H and O–H groups in total. The van der Waals surface area contributed by atoms with Gasteiger partial charge in [0, 0.05) is 37.2 Å². The second-order valence-corrected chi connectivity index (χ2v) is 14.2. The lowest BCUT2D eigenvalue weighted by atomic mass is 9.71. The molecule has 1 atom stereocenters. The number of amides is 1. The summed E-state index contributed by atoms with van der Waals surface area (Å²) in [5.74, 6) is 1.17. The number of likely N-dealkylation sites (tertiary alicyclic amines) is 2. The molecule has 38 heavy (non-hydrogen) atoms. The minimum Gasteiger partial charge on any atom is -0.338 e. The highest BCUT2D eigenvalue weighted by Gasteiger charge is 2.41. The van der Waals surface area contributed by atoms with E-state index in [2.05, 4.69) is 11.0 Å². The molecule has 0 radical (unpaired) electrons. The molecule has 5 rings (SSSR count). The quantitative estimate of drug-likeness (QED) is 0.456. The molecule has 3 fully saturated rings. The smallest absolute Gasteiger partial charge is 0.253 e. The lowest BCUT2D eigenvalue weighted by Gasteiger charge is -2.46. The van der Waals surface area contributed by atoms with Gasteiger partial charge in [-0.15, -0.1) is 0 Å². The van der Waals surface area contributed by atoms with Gasteiger partial charge in [-0.2, -0.15) is 0 Å². The van der Waals surface area contributed by atoms with Gasteiger partial charge in [-0.25, -0.2) is 12.7 Å². The molecule has 6 nitrogen and oxygen atoms in total. The third-order valence-corrected chi connectivity index (χ3v) is 10.9. The third kappa shape index (κ3) is 6.07. The van der Waals surface area contributed by atoms with E-state index in [4.69, 9.17) is 23.2 Å². The van der Waals surface area contributed by atoms with E-state index in [1.165, 1.54) is 6.26 Å². The average Bonchev–Trinajstić information content (AvgIpc) is 2.88. The van der Waals surface area contributed by atoms with Gasteiger partial charge in [-0.1, -0.05) is 47.5 Å². The van der Waals surface area contributed by atoms with Crippen LogP contribution in [0, 0.1) is 11.8 Å². The van der Waals surface area contributed by atoms with Crippen LogP contribution in [0.25, 0.3) is 0 Å². The maximum Gasteiger partial charge on any atom is 0.253 e. The predicted octanol–water partition coefficient (Wildman–Crippen LogP) is 5.16. The molecule has 0 aromatic heterocycles. The Morgan fingerprint density at radius 2 is 1.68 bits per heavy atom. The van der Waals surface area contributed by atoms with Crippen LogP contribution < -0.4 is 0 Å². The summed E-state index contributed by atoms with van der Waals surface area (Å²) in [5, 5.41) is 1.10. The van der Waals surface area contributed by atoms with Crippen LogP contribution in [0.2, 0.25) is 10.0 Å². The first kappa shape index (κ1) is 27.9. The van der Waals surface area contributed by atoms with Crippen LogP contribution in [-0.2, 0) is 15.4 Å². The second-order valence-electron chi connectivity index (χ2n) is 11.4. The van der Waals surface area contributed by atoms with Crippen molar-refractivity contribution in [3.8, 4) is 0 Å². The Hall–Kier alpha value is -1.64. The molecule has 0 saturated carbocycles. The summed E-state index contributed by atoms with van der Waals surface area (Å²) in [4.78, 5) is 17.9. The summed E-state index contributed by atoms with van der Waals surface area (Å²) in [7, 11) is -3.06. The van der Waals surface area contributed by atoms with Crippen molar-refractivity contribution in [1.29, 1.82) is 0 Å². The van der Waals surface area contributed by atoms with E-state index in [0.717, 1.165) is 69.4 Å². The Kier molecular flexibility index (Phi) is 8.42. The van der Waals surface area contributed by atoms with E-state index in [9.17, 15) is 13.2 Å². The minimum absolute atomic E-state index is 0.0826. The van der Waals surface area contributed by atoms with E-state index in [0.29, 0.717) is 41.5 Å². The summed E-state index contributed by atoms with van der Waals surface area (Å²) in [5.41, 5.74) is 1.70. The molecule has 206 valence electrons. The summed E-state index contributed by atoms with van der Waals surface area (Å²) in [6.07, 6.45) is 6.42. The highest BCUT2D eigenvalue weighted by molar-refractivity contribution is 7.88. The van der Waals surface area contributed by atoms with Crippen LogP contribution in [0.15, 0.2) is 48.5 Å². The predicted molar refractivity (Wildman–Crippen MR) is 153 cm³/mol. The zero-order valence-electron chi connectivity index (χ0n) is 22.0. The first-order valence-electron chi connectivity index (χ1n) is 13.6. The summed E-state index contributed by atoms with van der Waals surface area (Å²) in [6, 6.07) is 15.5. The lowest BCUT2D eigenvalue weighted by Crippen LogP contribution is -2.54. The minimum atomic E-state index is -3.06. The molecule has 3 aliphatic rings. The fraction of sp³-hybridized carbons (Fsp3) is 0.552. The Morgan fingerprint density at radius 3 is 2.34 bits per heavy atom. The van der Waals surface area contributed by atoms with Crippen molar-refractivity contribution in [1.82, 2.24) is 14.1 Å². The maximum atomic E-state index is 13.4. The summed E-state index contributed by atoms with van der Waals surface area (Å²) < 4.78 is 25.1. The van der Waals surface area contributed by atoms with Crippen LogP contribution in [0.3, 0.4) is 0 Å². The van der Waals surface area contributed by atoms with Crippen molar-refractivity contribution in [2.24, 2.45) is 11.8 Å². The number of nitrogens with zero attached hydrogens (tertiary/aromatic N) is 3. The Labute approximate surface area is 236 Å². The fourth-order valence-electron chi connectivity index (χ4n) is 6.54. The van der Waals surface area contributed by atoms with Gasteiger partial charge >= 0.3 is 0 Å². The second kappa shape index (κ2) is 11.5. The van der Waals surface area contributed by atoms with Crippen LogP contribution in [0.4, 0.5) is 0 Å². The molecule has 9 heteroatoms. The van der Waals surface area contributed by atoms with Gasteiger partial charge in [0.25, 0.3) is 5.91 Å². The molecule has 0 aliphatic carbocycles. The van der Waals surface area contributed by atoms with E-state index in [-0.39, 0.29) is 11.3 Å². The highest BCUT2D eigenvalue weighted by atomic mass is 35.5. The van der Waals surface area contributed by atoms with Gasteiger partial charge in [0.15, 0.2) is 0 Å². The molecule has 1 amide bonds. The summed E-state index contributed by atoms with van der Waals surface area (Å²) in [6.45, 7) is 5.80. The van der Waals surface area contributed by atoms with Crippen LogP contribution in [-0.4, -0.2) is 80.5 Å². The third-order valence-electron chi connectivity index (χ3n) is 8.97. The molecule has 0 unspecified atom stereocenters. The Balaban J connectivity index is 1.26. The van der Waals surface area contributed by atoms with Crippen LogP contribution >= 0.6 is 23.2 Å². The van der Waals surface area contributed by atoms with Crippen LogP contribution in [0.1, 0.15) is 48.0 Å². The Bertz CT molecular complexity index is 1240. The van der Waals surface area contributed by atoms with Crippen molar-refractivity contribution in [2.75, 3.05) is 52.1 Å². The number of sulfonamides is 1. The van der Waals surface area contributed by atoms with Crippen molar-refractivity contribution < 1.29 is 13.2 Å². The van der Waals surface area contributed by atoms with E-state index in [1.807, 2.05) is 47.4 Å². The average molecular weight is 579 g/mol. The number of hydrogen-bond acceptors (Lipinski definition) is 4. The highest BCUT2D eigenvalue weighted by Crippen LogP contribution is 2.41. The number of carbonyl (C=O) groups excluding carboxylic acids is 1. The van der Waals surface area contributed by atoms with Gasteiger partial charge < -0.3 is 9.80 Å². The topological polar surface area (TPSA) is 60.9 Å². The number of benzene rings is 2. The molecular formula is C29H37Cl2N3O3S. The first-order chi connectivity index (χ1) is 18.1. The van der Waals surface area contributed by atoms with E-state index >= 15 is 0 Å². The zero-order valence-corrected chi connectivity index (χ0v) is 24.3. The van der Waals surface area contributed by atoms with Crippen molar-refractivity contribution in [3.63, 3.8) is 0 Å². The van der Waals surface area contributed by atoms with Gasteiger partial charge in [-0.05, 0) is 93.4 Å². The molecule has 2 aromatic carbocycles. The largest absolute Gasteiger partial charge is 0.338 e. The fourth-order valence-corrected chi connectivity index (χ4v) is 7.76. The van der Waals surface area contributed by atoms with Crippen molar-refractivity contribution >= 4 is 39.1 Å². The van der Waals surface area contributed by atoms with E-state index in [1.54, 1.807) is 4.31 Å². The van der Waals surface area contributed by atoms with Gasteiger partial charge in [0.2, 0.25) is 10.0 Å². The molecular weight excluding hydrogens is 541 g/mol. The normalized spacial score (nSPS) is 24.3. The number of carbonyl (C=O) groups is 1. The number of hydrogen-bond donors (Lipinski definition) is 0. The molecule has 3 saturated heterocycles. The van der Waals surface area contributed by atoms with Gasteiger partial charge in [0.1, 0.15) is 0 Å². The molecule has 3 aliphatic heterocycles. The molecule has 0 spiro atoms. The van der Waals surface area contributed by atoms with E-state index < -0.39 is 10.0 Å². The molecule has 3 heterocycles. The van der Waals surface area contributed by atoms with Crippen LogP contribution in [0.5, 0.6) is 0 Å². The van der Waals surface area contributed by atoms with Crippen molar-refractivity contribution in [3.05, 3.63) is 69.7 Å². The van der Waals surface area contributed by atoms with Gasteiger partial charge in [0.05, 0.1) is 16.3 Å². The zero-order chi connectivity index (χ0) is 26.9. The SMILES string of the molecule is CS(=O)(=O)N1CC(C2CCN(CC[C@]3(c4ccc(Cl)c(Cl)c4)CCCN(C(=O)c4ccccc4)C3)CC2)C1. The standard InChI is InChI=1S/C29H37Cl2N3O3S/c1-38(36,37)34-19-24(20-34)22-10-15-32(16-11-22)17-13-29(25-8-9-26(30)27(31)18-25)12-5-14-33(21-29)28(35)23-6-3-2-4-7-23/h2-4,6-9,18,22,24H,5,10-17,19-21H2,1H3/t29-/m1/s1. The number of rotatable bonds is 7. The maximum absolute atomic E-state index is 13.4. The van der Waals surface area contributed by atoms with Crippen molar-refractivity contribution in [2.45, 2.75) is 37.5 Å². The van der Waals surface area contributed by atoms with Gasteiger partial charge in [-0.3, -0.25) is 4.79 Å². The first-order valence-corrected chi connectivity index (χ1v) is 16.2. The number of halogens is 2. The number of piperidine rings is 2. The monoisotopic (exact) mass is 577 g/mol. The molecule has 2 aromatic rings.